The first-order valence-corrected chi connectivity index (χ1v) is 5.06. The zero-order valence-corrected chi connectivity index (χ0v) is 9.09. The van der Waals surface area contributed by atoms with Crippen LogP contribution in [-0.4, -0.2) is 28.1 Å². The fourth-order valence-corrected chi connectivity index (χ4v) is 1.33. The van der Waals surface area contributed by atoms with Crippen molar-refractivity contribution in [3.63, 3.8) is 0 Å². The van der Waals surface area contributed by atoms with Crippen LogP contribution in [0.1, 0.15) is 12.8 Å². The lowest BCUT2D eigenvalue weighted by atomic mass is 10.1. The molecule has 0 aliphatic rings. The Bertz CT molecular complexity index is 420. The molecule has 1 aromatic rings. The minimum absolute atomic E-state index is 0.0302. The molecule has 1 aromatic carbocycles. The van der Waals surface area contributed by atoms with Gasteiger partial charge in [0.05, 0.1) is 5.69 Å². The summed E-state index contributed by atoms with van der Waals surface area (Å²) in [7, 11) is 0. The Morgan fingerprint density at radius 3 is 2.53 bits per heavy atom. The molecule has 0 radical (unpaired) electrons. The van der Waals surface area contributed by atoms with Crippen LogP contribution in [0.15, 0.2) is 24.3 Å². The monoisotopic (exact) mass is 238 g/mol. The van der Waals surface area contributed by atoms with Crippen LogP contribution in [0.3, 0.4) is 0 Å². The zero-order valence-electron chi connectivity index (χ0n) is 9.09. The molecule has 17 heavy (non-hydrogen) atoms. The number of hydrogen-bond donors (Lipinski definition) is 4. The van der Waals surface area contributed by atoms with Crippen molar-refractivity contribution >= 4 is 17.6 Å². The molecule has 1 unspecified atom stereocenters. The minimum atomic E-state index is -1.10. The molecule has 0 aliphatic carbocycles. The predicted octanol–water partition coefficient (Wildman–Crippen LogP) is 0.523. The number of rotatable bonds is 6. The average molecular weight is 238 g/mol. The van der Waals surface area contributed by atoms with Gasteiger partial charge in [0.1, 0.15) is 11.8 Å². The van der Waals surface area contributed by atoms with Crippen LogP contribution in [0.2, 0.25) is 0 Å². The number of nitrogens with one attached hydrogen (secondary N) is 1. The number of nitrogens with two attached hydrogens (primary N) is 1. The highest BCUT2D eigenvalue weighted by Gasteiger charge is 2.18. The van der Waals surface area contributed by atoms with E-state index in [4.69, 9.17) is 10.8 Å². The molecule has 0 bridgehead atoms. The molecule has 0 saturated carbocycles. The quantitative estimate of drug-likeness (QED) is 0.540. The van der Waals surface area contributed by atoms with E-state index in [1.54, 1.807) is 18.2 Å². The molecule has 0 heterocycles. The predicted molar refractivity (Wildman–Crippen MR) is 61.6 cm³/mol. The van der Waals surface area contributed by atoms with E-state index in [1.807, 2.05) is 0 Å². The Kier molecular flexibility index (Phi) is 4.33. The van der Waals surface area contributed by atoms with Crippen LogP contribution in [0.25, 0.3) is 0 Å². The number of phenols is 1. The normalized spacial score (nSPS) is 11.8. The van der Waals surface area contributed by atoms with Crippen LogP contribution >= 0.6 is 0 Å². The zero-order chi connectivity index (χ0) is 12.8. The first kappa shape index (κ1) is 12.8. The maximum atomic E-state index is 10.9. The number of para-hydroxylation sites is 2. The van der Waals surface area contributed by atoms with Gasteiger partial charge in [-0.25, -0.2) is 4.79 Å². The maximum Gasteiger partial charge on any atom is 0.326 e. The number of carboxylic acid groups (broad SMARTS) is 1. The van der Waals surface area contributed by atoms with Crippen molar-refractivity contribution in [2.75, 3.05) is 5.32 Å². The van der Waals surface area contributed by atoms with Gasteiger partial charge in [-0.3, -0.25) is 4.79 Å². The lowest BCUT2D eigenvalue weighted by molar-refractivity contribution is -0.138. The fraction of sp³-hybridized carbons (Fsp3) is 0.273. The minimum Gasteiger partial charge on any atom is -0.506 e. The summed E-state index contributed by atoms with van der Waals surface area (Å²) in [5, 5.41) is 21.1. The smallest absolute Gasteiger partial charge is 0.326 e. The van der Waals surface area contributed by atoms with Gasteiger partial charge in [0, 0.05) is 6.42 Å². The van der Waals surface area contributed by atoms with Crippen LogP contribution in [0, 0.1) is 0 Å². The van der Waals surface area contributed by atoms with Crippen LogP contribution in [-0.2, 0) is 9.59 Å². The number of aromatic hydroxyl groups is 1. The van der Waals surface area contributed by atoms with Gasteiger partial charge in [0.15, 0.2) is 0 Å². The van der Waals surface area contributed by atoms with Gasteiger partial charge >= 0.3 is 5.97 Å². The summed E-state index contributed by atoms with van der Waals surface area (Å²) < 4.78 is 0. The standard InChI is InChI=1S/C11H14N2O4/c12-10(15)6-5-8(11(16)17)13-7-3-1-2-4-9(7)14/h1-4,8,13-14H,5-6H2,(H2,12,15)(H,16,17). The number of benzene rings is 1. The molecule has 1 atom stereocenters. The molecule has 5 N–H and O–H groups in total. The van der Waals surface area contributed by atoms with Gasteiger partial charge in [0.25, 0.3) is 0 Å². The Balaban J connectivity index is 2.70. The first-order chi connectivity index (χ1) is 8.00. The van der Waals surface area contributed by atoms with Crippen molar-refractivity contribution < 1.29 is 19.8 Å². The molecule has 0 fully saturated rings. The fourth-order valence-electron chi connectivity index (χ4n) is 1.33. The van der Waals surface area contributed by atoms with Crippen molar-refractivity contribution in [1.82, 2.24) is 0 Å². The highest BCUT2D eigenvalue weighted by molar-refractivity contribution is 5.80. The largest absolute Gasteiger partial charge is 0.506 e. The summed E-state index contributed by atoms with van der Waals surface area (Å²) in [4.78, 5) is 21.5. The summed E-state index contributed by atoms with van der Waals surface area (Å²) in [6, 6.07) is 5.32. The third-order valence-electron chi connectivity index (χ3n) is 2.21. The number of carbonyl (C=O) groups is 2. The Labute approximate surface area is 98.1 Å². The highest BCUT2D eigenvalue weighted by atomic mass is 16.4. The van der Waals surface area contributed by atoms with E-state index in [0.717, 1.165) is 0 Å². The molecular weight excluding hydrogens is 224 g/mol. The molecule has 0 aromatic heterocycles. The van der Waals surface area contributed by atoms with E-state index >= 15 is 0 Å². The Morgan fingerprint density at radius 2 is 2.00 bits per heavy atom. The Morgan fingerprint density at radius 1 is 1.35 bits per heavy atom. The van der Waals surface area contributed by atoms with Crippen molar-refractivity contribution in [2.24, 2.45) is 5.73 Å². The lowest BCUT2D eigenvalue weighted by Gasteiger charge is -2.15. The number of anilines is 1. The lowest BCUT2D eigenvalue weighted by Crippen LogP contribution is -2.30. The second kappa shape index (κ2) is 5.74. The molecule has 6 heteroatoms. The van der Waals surface area contributed by atoms with E-state index < -0.39 is 17.9 Å². The van der Waals surface area contributed by atoms with E-state index in [1.165, 1.54) is 6.07 Å². The molecular formula is C11H14N2O4. The summed E-state index contributed by atoms with van der Waals surface area (Å²) in [6.07, 6.45) is 0.0383. The van der Waals surface area contributed by atoms with Gasteiger partial charge < -0.3 is 21.3 Å². The third kappa shape index (κ3) is 4.02. The molecule has 0 saturated heterocycles. The van der Waals surface area contributed by atoms with Crippen molar-refractivity contribution in [1.29, 1.82) is 0 Å². The number of phenolic OH excluding ortho intramolecular Hbond substituents is 1. The number of amides is 1. The van der Waals surface area contributed by atoms with Crippen molar-refractivity contribution in [3.8, 4) is 5.75 Å². The van der Waals surface area contributed by atoms with Gasteiger partial charge in [-0.05, 0) is 18.6 Å². The SMILES string of the molecule is NC(=O)CCC(Nc1ccccc1O)C(=O)O. The highest BCUT2D eigenvalue weighted by Crippen LogP contribution is 2.23. The van der Waals surface area contributed by atoms with Crippen LogP contribution in [0.5, 0.6) is 5.75 Å². The summed E-state index contributed by atoms with van der Waals surface area (Å²) >= 11 is 0. The maximum absolute atomic E-state index is 10.9. The van der Waals surface area contributed by atoms with Crippen LogP contribution in [0.4, 0.5) is 5.69 Å². The number of carboxylic acids is 1. The molecule has 92 valence electrons. The number of aliphatic carboxylic acids is 1. The molecule has 0 spiro atoms. The van der Waals surface area contributed by atoms with E-state index in [0.29, 0.717) is 5.69 Å². The van der Waals surface area contributed by atoms with Crippen LogP contribution < -0.4 is 11.1 Å². The average Bonchev–Trinajstić information content (AvgIpc) is 2.25. The molecule has 1 rings (SSSR count). The summed E-state index contributed by atoms with van der Waals surface area (Å²) in [5.41, 5.74) is 5.26. The Hall–Kier alpha value is -2.24. The van der Waals surface area contributed by atoms with Gasteiger partial charge in [0.2, 0.25) is 5.91 Å². The second-order valence-corrected chi connectivity index (χ2v) is 3.56. The molecule has 1 amide bonds. The topological polar surface area (TPSA) is 113 Å². The second-order valence-electron chi connectivity index (χ2n) is 3.56. The van der Waals surface area contributed by atoms with E-state index in [9.17, 15) is 14.7 Å². The third-order valence-corrected chi connectivity index (χ3v) is 2.21. The number of hydrogen-bond acceptors (Lipinski definition) is 4. The van der Waals surface area contributed by atoms with Gasteiger partial charge in [-0.15, -0.1) is 0 Å². The van der Waals surface area contributed by atoms with Gasteiger partial charge in [-0.1, -0.05) is 12.1 Å². The van der Waals surface area contributed by atoms with E-state index in [2.05, 4.69) is 5.32 Å². The first-order valence-electron chi connectivity index (χ1n) is 5.06. The number of carbonyl (C=O) groups excluding carboxylic acids is 1. The van der Waals surface area contributed by atoms with Crippen molar-refractivity contribution in [3.05, 3.63) is 24.3 Å². The van der Waals surface area contributed by atoms with Crippen molar-refractivity contribution in [2.45, 2.75) is 18.9 Å². The summed E-state index contributed by atoms with van der Waals surface area (Å²) in [6.45, 7) is 0. The van der Waals surface area contributed by atoms with E-state index in [-0.39, 0.29) is 18.6 Å². The number of primary amides is 1. The molecule has 0 aliphatic heterocycles. The van der Waals surface area contributed by atoms with Gasteiger partial charge in [-0.2, -0.15) is 0 Å². The summed E-state index contributed by atoms with van der Waals surface area (Å²) in [5.74, 6) is -1.71. The molecule has 6 nitrogen and oxygen atoms in total.